The number of hydrogen-bond acceptors (Lipinski definition) is 4. The van der Waals surface area contributed by atoms with Gasteiger partial charge >= 0.3 is 0 Å². The number of nitrogens with zero attached hydrogens (tertiary/aromatic N) is 5. The molecule has 144 valence electrons. The van der Waals surface area contributed by atoms with Gasteiger partial charge < -0.3 is 0 Å². The van der Waals surface area contributed by atoms with Crippen molar-refractivity contribution in [3.63, 3.8) is 0 Å². The van der Waals surface area contributed by atoms with Gasteiger partial charge in [0.2, 0.25) is 4.77 Å². The van der Waals surface area contributed by atoms with Crippen LogP contribution in [0.15, 0.2) is 68.0 Å². The molecule has 2 heterocycles. The first kappa shape index (κ1) is 20.2. The molecular formula is C21H22ClN5S. The molecule has 0 amide bonds. The molecule has 1 aromatic carbocycles. The van der Waals surface area contributed by atoms with Crippen LogP contribution < -0.4 is 0 Å². The van der Waals surface area contributed by atoms with E-state index in [0.29, 0.717) is 29.6 Å². The second kappa shape index (κ2) is 9.10. The van der Waals surface area contributed by atoms with Crippen LogP contribution >= 0.6 is 23.8 Å². The lowest BCUT2D eigenvalue weighted by Gasteiger charge is -2.18. The van der Waals surface area contributed by atoms with E-state index in [1.165, 1.54) is 0 Å². The van der Waals surface area contributed by atoms with E-state index in [4.69, 9.17) is 28.9 Å². The van der Waals surface area contributed by atoms with Crippen molar-refractivity contribution < 1.29 is 0 Å². The van der Waals surface area contributed by atoms with Crippen molar-refractivity contribution in [2.24, 2.45) is 0 Å². The van der Waals surface area contributed by atoms with E-state index < -0.39 is 0 Å². The first-order valence-corrected chi connectivity index (χ1v) is 9.65. The molecule has 0 aliphatic rings. The zero-order chi connectivity index (χ0) is 20.1. The number of hydrogen-bond donors (Lipinski definition) is 0. The van der Waals surface area contributed by atoms with Gasteiger partial charge in [0, 0.05) is 36.1 Å². The van der Waals surface area contributed by atoms with E-state index in [1.54, 1.807) is 12.4 Å². The van der Waals surface area contributed by atoms with Gasteiger partial charge in [-0.25, -0.2) is 4.68 Å². The van der Waals surface area contributed by atoms with E-state index >= 15 is 0 Å². The summed E-state index contributed by atoms with van der Waals surface area (Å²) in [5.74, 6) is 0.745. The second-order valence-electron chi connectivity index (χ2n) is 6.32. The van der Waals surface area contributed by atoms with Crippen molar-refractivity contribution in [2.75, 3.05) is 13.1 Å². The van der Waals surface area contributed by atoms with Crippen molar-refractivity contribution in [2.45, 2.75) is 13.6 Å². The summed E-state index contributed by atoms with van der Waals surface area (Å²) in [5.41, 5.74) is 2.79. The molecule has 3 aromatic rings. The van der Waals surface area contributed by atoms with Crippen LogP contribution in [0.25, 0.3) is 17.1 Å². The summed E-state index contributed by atoms with van der Waals surface area (Å²) < 4.78 is 4.37. The molecule has 0 fully saturated rings. The monoisotopic (exact) mass is 411 g/mol. The van der Waals surface area contributed by atoms with Crippen LogP contribution in [0.1, 0.15) is 5.56 Å². The standard InChI is InChI=1S/C21H22ClN5S/c1-4-13-25(14-5-2)15-26-21(28)27(19-8-6-7-18(22)16(19)3)20(24-26)17-9-11-23-12-10-17/h4-12H,1-2,13-15H2,3H3. The summed E-state index contributed by atoms with van der Waals surface area (Å²) in [5, 5.41) is 5.51. The molecule has 0 unspecified atom stereocenters. The number of aromatic nitrogens is 4. The van der Waals surface area contributed by atoms with Crippen LogP contribution in [-0.2, 0) is 6.67 Å². The third-order valence-electron chi connectivity index (χ3n) is 4.37. The second-order valence-corrected chi connectivity index (χ2v) is 7.09. The van der Waals surface area contributed by atoms with Gasteiger partial charge in [-0.3, -0.25) is 14.5 Å². The van der Waals surface area contributed by atoms with E-state index in [9.17, 15) is 0 Å². The van der Waals surface area contributed by atoms with Crippen LogP contribution in [0.3, 0.4) is 0 Å². The van der Waals surface area contributed by atoms with E-state index in [1.807, 2.05) is 58.7 Å². The highest BCUT2D eigenvalue weighted by Gasteiger charge is 2.17. The Morgan fingerprint density at radius 2 is 1.82 bits per heavy atom. The topological polar surface area (TPSA) is 38.9 Å². The van der Waals surface area contributed by atoms with E-state index in [-0.39, 0.29) is 0 Å². The van der Waals surface area contributed by atoms with Gasteiger partial charge in [0.25, 0.3) is 0 Å². The van der Waals surface area contributed by atoms with Gasteiger partial charge in [0.15, 0.2) is 5.82 Å². The predicted molar refractivity (Wildman–Crippen MR) is 117 cm³/mol. The fourth-order valence-electron chi connectivity index (χ4n) is 2.99. The minimum Gasteiger partial charge on any atom is -0.277 e. The number of pyridine rings is 1. The molecule has 3 rings (SSSR count). The molecule has 0 saturated carbocycles. The summed E-state index contributed by atoms with van der Waals surface area (Å²) in [6.07, 6.45) is 7.20. The highest BCUT2D eigenvalue weighted by atomic mass is 35.5. The lowest BCUT2D eigenvalue weighted by molar-refractivity contribution is 0.251. The number of halogens is 1. The Balaban J connectivity index is 2.18. The average Bonchev–Trinajstić information content (AvgIpc) is 3.01. The van der Waals surface area contributed by atoms with Crippen molar-refractivity contribution in [3.05, 3.63) is 83.4 Å². The molecule has 0 atom stereocenters. The maximum absolute atomic E-state index is 6.37. The Morgan fingerprint density at radius 1 is 1.14 bits per heavy atom. The molecule has 0 bridgehead atoms. The minimum absolute atomic E-state index is 0.529. The Bertz CT molecular complexity index is 1030. The maximum Gasteiger partial charge on any atom is 0.204 e. The molecule has 0 aliphatic heterocycles. The quantitative estimate of drug-likeness (QED) is 0.383. The fourth-order valence-corrected chi connectivity index (χ4v) is 3.44. The Hall–Kier alpha value is -2.54. The summed E-state index contributed by atoms with van der Waals surface area (Å²) in [4.78, 5) is 6.26. The van der Waals surface area contributed by atoms with Crippen LogP contribution in [0.5, 0.6) is 0 Å². The predicted octanol–water partition coefficient (Wildman–Crippen LogP) is 5.06. The first-order chi connectivity index (χ1) is 13.6. The lowest BCUT2D eigenvalue weighted by atomic mass is 10.2. The third kappa shape index (κ3) is 4.14. The molecule has 2 aromatic heterocycles. The Morgan fingerprint density at radius 3 is 2.46 bits per heavy atom. The summed E-state index contributed by atoms with van der Waals surface area (Å²) in [7, 11) is 0. The van der Waals surface area contributed by atoms with Crippen LogP contribution in [0, 0.1) is 11.7 Å². The first-order valence-electron chi connectivity index (χ1n) is 8.86. The third-order valence-corrected chi connectivity index (χ3v) is 5.17. The Labute approximate surface area is 175 Å². The van der Waals surface area contributed by atoms with Crippen LogP contribution in [0.4, 0.5) is 0 Å². The largest absolute Gasteiger partial charge is 0.277 e. The van der Waals surface area contributed by atoms with E-state index in [0.717, 1.165) is 22.6 Å². The SMILES string of the molecule is C=CCN(CC=C)Cn1nc(-c2ccncc2)n(-c2cccc(Cl)c2C)c1=S. The van der Waals surface area contributed by atoms with Crippen molar-refractivity contribution >= 4 is 23.8 Å². The van der Waals surface area contributed by atoms with E-state index in [2.05, 4.69) is 23.0 Å². The molecule has 0 saturated heterocycles. The van der Waals surface area contributed by atoms with Gasteiger partial charge in [-0.15, -0.1) is 18.3 Å². The average molecular weight is 412 g/mol. The molecule has 0 spiro atoms. The molecule has 0 aliphatic carbocycles. The zero-order valence-electron chi connectivity index (χ0n) is 15.8. The van der Waals surface area contributed by atoms with Gasteiger partial charge in [-0.2, -0.15) is 0 Å². The number of rotatable bonds is 8. The summed E-state index contributed by atoms with van der Waals surface area (Å²) in [6.45, 7) is 11.6. The normalized spacial score (nSPS) is 11.0. The van der Waals surface area contributed by atoms with Crippen molar-refractivity contribution in [1.29, 1.82) is 0 Å². The molecule has 0 radical (unpaired) electrons. The molecule has 7 heteroatoms. The summed E-state index contributed by atoms with van der Waals surface area (Å²) in [6, 6.07) is 9.63. The van der Waals surface area contributed by atoms with Crippen molar-refractivity contribution in [3.8, 4) is 17.1 Å². The summed E-state index contributed by atoms with van der Waals surface area (Å²) >= 11 is 12.2. The lowest BCUT2D eigenvalue weighted by Crippen LogP contribution is -2.27. The zero-order valence-corrected chi connectivity index (χ0v) is 17.3. The molecule has 28 heavy (non-hydrogen) atoms. The number of benzene rings is 1. The molecule has 0 N–H and O–H groups in total. The smallest absolute Gasteiger partial charge is 0.204 e. The minimum atomic E-state index is 0.529. The van der Waals surface area contributed by atoms with Gasteiger partial charge in [-0.1, -0.05) is 29.8 Å². The highest BCUT2D eigenvalue weighted by molar-refractivity contribution is 7.71. The van der Waals surface area contributed by atoms with Crippen LogP contribution in [-0.4, -0.2) is 37.3 Å². The maximum atomic E-state index is 6.37. The highest BCUT2D eigenvalue weighted by Crippen LogP contribution is 2.27. The van der Waals surface area contributed by atoms with Gasteiger partial charge in [0.1, 0.15) is 0 Å². The van der Waals surface area contributed by atoms with Crippen molar-refractivity contribution in [1.82, 2.24) is 24.2 Å². The molecule has 5 nitrogen and oxygen atoms in total. The van der Waals surface area contributed by atoms with Gasteiger partial charge in [-0.05, 0) is 49.0 Å². The van der Waals surface area contributed by atoms with Crippen LogP contribution in [0.2, 0.25) is 5.02 Å². The van der Waals surface area contributed by atoms with Gasteiger partial charge in [0.05, 0.1) is 12.4 Å². The Kier molecular flexibility index (Phi) is 6.57. The fraction of sp³-hybridized carbons (Fsp3) is 0.190. The molecular weight excluding hydrogens is 390 g/mol.